The quantitative estimate of drug-likeness (QED) is 0.177. The van der Waals surface area contributed by atoms with Crippen LogP contribution in [0.25, 0.3) is 98.8 Å². The molecule has 0 N–H and O–H groups in total. The van der Waals surface area contributed by atoms with Gasteiger partial charge in [-0.2, -0.15) is 0 Å². The summed E-state index contributed by atoms with van der Waals surface area (Å²) in [5.74, 6) is 0. The summed E-state index contributed by atoms with van der Waals surface area (Å²) in [6.45, 7) is 0. The lowest BCUT2D eigenvalue weighted by Gasteiger charge is -2.19. The van der Waals surface area contributed by atoms with Gasteiger partial charge in [-0.1, -0.05) is 158 Å². The van der Waals surface area contributed by atoms with E-state index in [2.05, 4.69) is 42.5 Å². The Labute approximate surface area is 292 Å². The van der Waals surface area contributed by atoms with Gasteiger partial charge >= 0.3 is 0 Å². The van der Waals surface area contributed by atoms with E-state index in [1.807, 2.05) is 103 Å². The summed E-state index contributed by atoms with van der Waals surface area (Å²) in [4.78, 5) is 0. The van der Waals surface area contributed by atoms with Crippen LogP contribution in [0.1, 0.15) is 8.22 Å². The van der Waals surface area contributed by atoms with E-state index < -0.39 is 6.04 Å². The number of benzene rings is 9. The van der Waals surface area contributed by atoms with E-state index in [0.29, 0.717) is 27.9 Å². The van der Waals surface area contributed by atoms with Gasteiger partial charge in [-0.25, -0.2) is 0 Å². The van der Waals surface area contributed by atoms with Crippen LogP contribution in [0.2, 0.25) is 0 Å². The highest BCUT2D eigenvalue weighted by atomic mass is 16.3. The summed E-state index contributed by atoms with van der Waals surface area (Å²) in [5.41, 5.74) is 7.34. The van der Waals surface area contributed by atoms with Crippen molar-refractivity contribution in [3.05, 3.63) is 182 Å². The molecule has 10 rings (SSSR count). The summed E-state index contributed by atoms with van der Waals surface area (Å²) in [7, 11) is 0. The lowest BCUT2D eigenvalue weighted by Crippen LogP contribution is -1.92. The normalized spacial score (nSPS) is 13.4. The third-order valence-corrected chi connectivity index (χ3v) is 9.61. The Kier molecular flexibility index (Phi) is 5.02. The lowest BCUT2D eigenvalue weighted by molar-refractivity contribution is 0.669. The van der Waals surface area contributed by atoms with Crippen LogP contribution in [0.3, 0.4) is 0 Å². The van der Waals surface area contributed by atoms with Gasteiger partial charge in [-0.3, -0.25) is 0 Å². The van der Waals surface area contributed by atoms with Crippen LogP contribution in [-0.2, 0) is 0 Å². The molecule has 10 aromatic rings. The Morgan fingerprint density at radius 3 is 1.41 bits per heavy atom. The summed E-state index contributed by atoms with van der Waals surface area (Å²) >= 11 is 0. The number of hydrogen-bond donors (Lipinski definition) is 0. The van der Waals surface area contributed by atoms with Crippen molar-refractivity contribution >= 4 is 54.3 Å². The van der Waals surface area contributed by atoms with E-state index in [9.17, 15) is 5.48 Å². The first-order valence-electron chi connectivity index (χ1n) is 19.4. The molecule has 1 nitrogen and oxygen atoms in total. The summed E-state index contributed by atoms with van der Waals surface area (Å²) in [6.07, 6.45) is 0. The Morgan fingerprint density at radius 2 is 0.796 bits per heavy atom. The smallest absolute Gasteiger partial charge is 0.135 e. The fraction of sp³-hybridized carbons (Fsp3) is 0. The topological polar surface area (TPSA) is 13.1 Å². The Hall–Kier alpha value is -6.44. The van der Waals surface area contributed by atoms with Crippen molar-refractivity contribution in [1.82, 2.24) is 0 Å². The first-order valence-corrected chi connectivity index (χ1v) is 16.4. The van der Waals surface area contributed by atoms with Gasteiger partial charge in [0.25, 0.3) is 0 Å². The second-order valence-corrected chi connectivity index (χ2v) is 12.3. The molecule has 0 aliphatic heterocycles. The van der Waals surface area contributed by atoms with Gasteiger partial charge in [0.1, 0.15) is 11.2 Å². The molecule has 0 bridgehead atoms. The maximum absolute atomic E-state index is 9.79. The molecule has 0 aliphatic carbocycles. The van der Waals surface area contributed by atoms with Gasteiger partial charge in [0, 0.05) is 10.8 Å². The Morgan fingerprint density at radius 1 is 0.327 bits per heavy atom. The van der Waals surface area contributed by atoms with Crippen molar-refractivity contribution in [3.8, 4) is 44.5 Å². The molecule has 49 heavy (non-hydrogen) atoms. The van der Waals surface area contributed by atoms with Crippen molar-refractivity contribution in [3.63, 3.8) is 0 Å². The van der Waals surface area contributed by atoms with E-state index in [0.717, 1.165) is 54.6 Å². The van der Waals surface area contributed by atoms with Crippen LogP contribution in [0.4, 0.5) is 0 Å². The monoisotopic (exact) mass is 628 g/mol. The van der Waals surface area contributed by atoms with Crippen LogP contribution >= 0.6 is 0 Å². The minimum atomic E-state index is -0.390. The number of rotatable bonds is 4. The van der Waals surface area contributed by atoms with Crippen LogP contribution in [0, 0.1) is 0 Å². The zero-order valence-corrected chi connectivity index (χ0v) is 26.3. The predicted molar refractivity (Wildman–Crippen MR) is 208 cm³/mol. The number of fused-ring (bicyclic) bond motifs is 6. The zero-order valence-electron chi connectivity index (χ0n) is 32.3. The fourth-order valence-electron chi connectivity index (χ4n) is 7.40. The Balaban J connectivity index is 1.32. The highest BCUT2D eigenvalue weighted by molar-refractivity contribution is 6.24. The van der Waals surface area contributed by atoms with Gasteiger partial charge in [0.15, 0.2) is 0 Å². The van der Waals surface area contributed by atoms with Crippen LogP contribution in [-0.4, -0.2) is 0 Å². The lowest BCUT2D eigenvalue weighted by atomic mass is 9.84. The Bertz CT molecular complexity index is 3150. The molecule has 1 heterocycles. The van der Waals surface area contributed by atoms with Crippen molar-refractivity contribution in [2.75, 3.05) is 0 Å². The molecule has 0 radical (unpaired) electrons. The van der Waals surface area contributed by atoms with Gasteiger partial charge in [0.05, 0.1) is 8.22 Å². The molecule has 228 valence electrons. The first-order chi connectivity index (χ1) is 26.8. The third kappa shape index (κ3) is 4.40. The molecule has 0 saturated carbocycles. The first kappa shape index (κ1) is 22.2. The molecular weight excluding hydrogens is 593 g/mol. The molecular formula is C48H30O. The standard InChI is InChI=1S/C48H30O/c1-3-13-31(14-4-1)33-23-27-45-43(29-33)44-30-34(24-28-46(44)49-45)35-25-26-42(37-18-8-7-17-36(35)37)48-40-21-11-9-19-38(40)47(32-15-5-2-6-16-32)39-20-10-12-22-41(39)48/h1-30H/i7D,8D,17D,18D,25D,26D. The predicted octanol–water partition coefficient (Wildman–Crippen LogP) is 13.7. The second kappa shape index (κ2) is 11.1. The van der Waals surface area contributed by atoms with Gasteiger partial charge < -0.3 is 4.42 Å². The van der Waals surface area contributed by atoms with Gasteiger partial charge in [-0.05, 0) is 101 Å². The van der Waals surface area contributed by atoms with E-state index in [1.54, 1.807) is 0 Å². The molecule has 0 amide bonds. The highest BCUT2D eigenvalue weighted by Crippen LogP contribution is 2.46. The molecule has 0 aliphatic rings. The van der Waals surface area contributed by atoms with E-state index in [4.69, 9.17) is 7.16 Å². The molecule has 0 saturated heterocycles. The van der Waals surface area contributed by atoms with Crippen LogP contribution < -0.4 is 0 Å². The minimum Gasteiger partial charge on any atom is -0.456 e. The van der Waals surface area contributed by atoms with Crippen LogP contribution in [0.5, 0.6) is 0 Å². The van der Waals surface area contributed by atoms with Crippen LogP contribution in [0.15, 0.2) is 186 Å². The summed E-state index contributed by atoms with van der Waals surface area (Å²) < 4.78 is 62.2. The van der Waals surface area contributed by atoms with Crippen molar-refractivity contribution in [2.24, 2.45) is 0 Å². The molecule has 1 aromatic heterocycles. The summed E-state index contributed by atoms with van der Waals surface area (Å²) in [5, 5.41) is 5.66. The number of hydrogen-bond acceptors (Lipinski definition) is 1. The third-order valence-electron chi connectivity index (χ3n) is 9.61. The van der Waals surface area contributed by atoms with Crippen molar-refractivity contribution in [1.29, 1.82) is 0 Å². The maximum Gasteiger partial charge on any atom is 0.135 e. The van der Waals surface area contributed by atoms with E-state index in [1.165, 1.54) is 0 Å². The molecule has 0 spiro atoms. The SMILES string of the molecule is [2H]c1c([2H])c([2H])c2c(-c3c4ccccc4c(-c4ccccc4)c4ccccc34)c([2H])c([2H])c(-c3ccc4oc5ccc(-c6ccccc6)cc5c4c3)c2c1[2H]. The maximum atomic E-state index is 9.79. The van der Waals surface area contributed by atoms with Crippen molar-refractivity contribution in [2.45, 2.75) is 0 Å². The van der Waals surface area contributed by atoms with Gasteiger partial charge in [0.2, 0.25) is 0 Å². The zero-order chi connectivity index (χ0) is 37.5. The van der Waals surface area contributed by atoms with Crippen molar-refractivity contribution < 1.29 is 12.6 Å². The highest BCUT2D eigenvalue weighted by Gasteiger charge is 2.19. The van der Waals surface area contributed by atoms with E-state index >= 15 is 0 Å². The molecule has 0 atom stereocenters. The summed E-state index contributed by atoms with van der Waals surface area (Å²) in [6, 6.07) is 46.3. The number of furan rings is 1. The minimum absolute atomic E-state index is 0.112. The fourth-order valence-corrected chi connectivity index (χ4v) is 7.40. The average Bonchev–Trinajstić information content (AvgIpc) is 3.60. The molecule has 1 heteroatoms. The van der Waals surface area contributed by atoms with Gasteiger partial charge in [-0.15, -0.1) is 0 Å². The molecule has 9 aromatic carbocycles. The molecule has 0 unspecified atom stereocenters. The van der Waals surface area contributed by atoms with E-state index in [-0.39, 0.29) is 46.5 Å². The largest absolute Gasteiger partial charge is 0.456 e. The molecule has 0 fully saturated rings. The average molecular weight is 629 g/mol. The second-order valence-electron chi connectivity index (χ2n) is 12.3.